The summed E-state index contributed by atoms with van der Waals surface area (Å²) in [6.45, 7) is 3.76. The molecule has 0 saturated heterocycles. The minimum Gasteiger partial charge on any atom is -0.295 e. The highest BCUT2D eigenvalue weighted by molar-refractivity contribution is 5.14. The number of hydrogen-bond donors (Lipinski definition) is 0. The van der Waals surface area contributed by atoms with Gasteiger partial charge in [-0.2, -0.15) is 18.4 Å². The van der Waals surface area contributed by atoms with Gasteiger partial charge in [-0.15, -0.1) is 0 Å². The van der Waals surface area contributed by atoms with Crippen LogP contribution in [-0.4, -0.2) is 23.7 Å². The Labute approximate surface area is 111 Å². The highest BCUT2D eigenvalue weighted by Gasteiger charge is 2.41. The van der Waals surface area contributed by atoms with Gasteiger partial charge in [0.25, 0.3) is 0 Å². The smallest absolute Gasteiger partial charge is 0.295 e. The number of halogens is 3. The van der Waals surface area contributed by atoms with Crippen molar-refractivity contribution in [2.75, 3.05) is 6.54 Å². The average Bonchev–Trinajstić information content (AvgIpc) is 2.33. The number of nitrogens with zero attached hydrogens (tertiary/aromatic N) is 2. The standard InChI is InChI=1S/C14H17F3N2/c1-11(2)19(9-12-6-4-3-5-7-12)10-13(8-18)14(15,16)17/h3-7,11,13H,9-10H2,1-2H3. The van der Waals surface area contributed by atoms with Gasteiger partial charge in [-0.25, -0.2) is 0 Å². The first-order valence-electron chi connectivity index (χ1n) is 6.09. The molecule has 1 unspecified atom stereocenters. The Kier molecular flexibility index (Phi) is 5.37. The van der Waals surface area contributed by atoms with E-state index in [1.165, 1.54) is 6.07 Å². The molecule has 0 aliphatic heterocycles. The molecule has 0 radical (unpaired) electrons. The van der Waals surface area contributed by atoms with Crippen LogP contribution in [0.25, 0.3) is 0 Å². The van der Waals surface area contributed by atoms with Crippen LogP contribution in [0.3, 0.4) is 0 Å². The van der Waals surface area contributed by atoms with E-state index in [2.05, 4.69) is 0 Å². The highest BCUT2D eigenvalue weighted by atomic mass is 19.4. The lowest BCUT2D eigenvalue weighted by Crippen LogP contribution is -2.39. The number of rotatable bonds is 5. The Hall–Kier alpha value is -1.54. The van der Waals surface area contributed by atoms with Crippen molar-refractivity contribution in [2.24, 2.45) is 5.92 Å². The van der Waals surface area contributed by atoms with Crippen LogP contribution in [0.5, 0.6) is 0 Å². The molecule has 0 N–H and O–H groups in total. The van der Waals surface area contributed by atoms with Crippen LogP contribution in [0.1, 0.15) is 19.4 Å². The van der Waals surface area contributed by atoms with E-state index in [0.29, 0.717) is 6.54 Å². The van der Waals surface area contributed by atoms with Crippen molar-refractivity contribution in [1.29, 1.82) is 5.26 Å². The summed E-state index contributed by atoms with van der Waals surface area (Å²) < 4.78 is 37.9. The topological polar surface area (TPSA) is 27.0 Å². The van der Waals surface area contributed by atoms with E-state index in [0.717, 1.165) is 5.56 Å². The van der Waals surface area contributed by atoms with E-state index in [-0.39, 0.29) is 12.6 Å². The molecule has 2 nitrogen and oxygen atoms in total. The van der Waals surface area contributed by atoms with Gasteiger partial charge < -0.3 is 0 Å². The normalized spacial score (nSPS) is 13.6. The molecule has 104 valence electrons. The van der Waals surface area contributed by atoms with Crippen LogP contribution < -0.4 is 0 Å². The molecule has 1 atom stereocenters. The summed E-state index contributed by atoms with van der Waals surface area (Å²) in [5, 5.41) is 8.66. The van der Waals surface area contributed by atoms with Gasteiger partial charge in [0, 0.05) is 19.1 Å². The fraction of sp³-hybridized carbons (Fsp3) is 0.500. The van der Waals surface area contributed by atoms with E-state index in [4.69, 9.17) is 5.26 Å². The zero-order valence-electron chi connectivity index (χ0n) is 11.0. The lowest BCUT2D eigenvalue weighted by atomic mass is 10.1. The van der Waals surface area contributed by atoms with Crippen molar-refractivity contribution in [2.45, 2.75) is 32.6 Å². The minimum atomic E-state index is -4.47. The van der Waals surface area contributed by atoms with Crippen molar-refractivity contribution in [3.05, 3.63) is 35.9 Å². The highest BCUT2D eigenvalue weighted by Crippen LogP contribution is 2.27. The van der Waals surface area contributed by atoms with Crippen LogP contribution in [0, 0.1) is 17.2 Å². The van der Waals surface area contributed by atoms with E-state index >= 15 is 0 Å². The maximum atomic E-state index is 12.6. The summed E-state index contributed by atoms with van der Waals surface area (Å²) in [5.74, 6) is -1.95. The van der Waals surface area contributed by atoms with Crippen molar-refractivity contribution in [1.82, 2.24) is 4.90 Å². The first kappa shape index (κ1) is 15.5. The third-order valence-corrected chi connectivity index (χ3v) is 2.93. The zero-order valence-corrected chi connectivity index (χ0v) is 11.0. The van der Waals surface area contributed by atoms with Gasteiger partial charge in [-0.3, -0.25) is 4.90 Å². The molecule has 0 aromatic heterocycles. The van der Waals surface area contributed by atoms with E-state index in [1.807, 2.05) is 44.2 Å². The van der Waals surface area contributed by atoms with Crippen LogP contribution in [0.2, 0.25) is 0 Å². The number of nitriles is 1. The summed E-state index contributed by atoms with van der Waals surface area (Å²) in [6, 6.07) is 10.6. The van der Waals surface area contributed by atoms with Crippen molar-refractivity contribution in [3.63, 3.8) is 0 Å². The molecule has 0 saturated carbocycles. The average molecular weight is 270 g/mol. The molecule has 1 aromatic rings. The number of alkyl halides is 3. The lowest BCUT2D eigenvalue weighted by molar-refractivity contribution is -0.164. The Morgan fingerprint density at radius 2 is 1.79 bits per heavy atom. The first-order chi connectivity index (χ1) is 8.84. The van der Waals surface area contributed by atoms with Crippen molar-refractivity contribution in [3.8, 4) is 6.07 Å². The fourth-order valence-electron chi connectivity index (χ4n) is 1.73. The number of hydrogen-bond acceptors (Lipinski definition) is 2. The molecule has 1 aromatic carbocycles. The molecule has 0 heterocycles. The Morgan fingerprint density at radius 1 is 1.21 bits per heavy atom. The van der Waals surface area contributed by atoms with Gasteiger partial charge in [0.05, 0.1) is 6.07 Å². The molecular formula is C14H17F3N2. The Balaban J connectivity index is 2.77. The minimum absolute atomic E-state index is 0.0570. The van der Waals surface area contributed by atoms with Gasteiger partial charge >= 0.3 is 6.18 Å². The molecule has 0 aliphatic carbocycles. The summed E-state index contributed by atoms with van der Waals surface area (Å²) in [4.78, 5) is 1.66. The molecule has 1 rings (SSSR count). The van der Waals surface area contributed by atoms with Crippen LogP contribution in [0.4, 0.5) is 13.2 Å². The predicted octanol–water partition coefficient (Wildman–Crippen LogP) is 3.60. The van der Waals surface area contributed by atoms with E-state index in [1.54, 1.807) is 4.90 Å². The monoisotopic (exact) mass is 270 g/mol. The van der Waals surface area contributed by atoms with Crippen LogP contribution in [-0.2, 0) is 6.54 Å². The largest absolute Gasteiger partial charge is 0.405 e. The summed E-state index contributed by atoms with van der Waals surface area (Å²) >= 11 is 0. The van der Waals surface area contributed by atoms with Crippen molar-refractivity contribution >= 4 is 0 Å². The lowest BCUT2D eigenvalue weighted by Gasteiger charge is -2.29. The quantitative estimate of drug-likeness (QED) is 0.817. The third kappa shape index (κ3) is 4.92. The van der Waals surface area contributed by atoms with Crippen LogP contribution in [0.15, 0.2) is 30.3 Å². The molecule has 0 aliphatic rings. The number of benzene rings is 1. The van der Waals surface area contributed by atoms with Gasteiger partial charge in [-0.1, -0.05) is 30.3 Å². The maximum Gasteiger partial charge on any atom is 0.405 e. The first-order valence-corrected chi connectivity index (χ1v) is 6.09. The second-order valence-corrected chi connectivity index (χ2v) is 4.73. The molecule has 5 heteroatoms. The Bertz CT molecular complexity index is 421. The molecule has 0 bridgehead atoms. The molecule has 0 spiro atoms. The van der Waals surface area contributed by atoms with Gasteiger partial charge in [0.15, 0.2) is 5.92 Å². The van der Waals surface area contributed by atoms with Gasteiger partial charge in [-0.05, 0) is 19.4 Å². The van der Waals surface area contributed by atoms with Gasteiger partial charge in [0.2, 0.25) is 0 Å². The zero-order chi connectivity index (χ0) is 14.5. The van der Waals surface area contributed by atoms with Crippen LogP contribution >= 0.6 is 0 Å². The Morgan fingerprint density at radius 3 is 2.21 bits per heavy atom. The summed E-state index contributed by atoms with van der Waals surface area (Å²) in [6.07, 6.45) is -4.47. The summed E-state index contributed by atoms with van der Waals surface area (Å²) in [7, 11) is 0. The van der Waals surface area contributed by atoms with E-state index in [9.17, 15) is 13.2 Å². The van der Waals surface area contributed by atoms with E-state index < -0.39 is 12.1 Å². The van der Waals surface area contributed by atoms with Crippen molar-refractivity contribution < 1.29 is 13.2 Å². The molecule has 19 heavy (non-hydrogen) atoms. The molecule has 0 amide bonds. The van der Waals surface area contributed by atoms with Gasteiger partial charge in [0.1, 0.15) is 0 Å². The molecular weight excluding hydrogens is 253 g/mol. The third-order valence-electron chi connectivity index (χ3n) is 2.93. The molecule has 0 fully saturated rings. The predicted molar refractivity (Wildman–Crippen MR) is 67.1 cm³/mol. The second kappa shape index (κ2) is 6.58. The summed E-state index contributed by atoms with van der Waals surface area (Å²) in [5.41, 5.74) is 0.940. The maximum absolute atomic E-state index is 12.6. The SMILES string of the molecule is CC(C)N(Cc1ccccc1)CC(C#N)C(F)(F)F. The fourth-order valence-corrected chi connectivity index (χ4v) is 1.73. The second-order valence-electron chi connectivity index (χ2n) is 4.73.